The summed E-state index contributed by atoms with van der Waals surface area (Å²) in [6.45, 7) is 0. The van der Waals surface area contributed by atoms with Crippen molar-refractivity contribution in [3.8, 4) is 0 Å². The van der Waals surface area contributed by atoms with Crippen molar-refractivity contribution in [2.75, 3.05) is 21.2 Å². The second kappa shape index (κ2) is 5.69. The summed E-state index contributed by atoms with van der Waals surface area (Å²) >= 11 is 0. The highest BCUT2D eigenvalue weighted by Crippen LogP contribution is 2.34. The summed E-state index contributed by atoms with van der Waals surface area (Å²) in [6.07, 6.45) is 1.41. The molecule has 6 heteroatoms. The first-order valence-electron chi connectivity index (χ1n) is 5.28. The van der Waals surface area contributed by atoms with Crippen LogP contribution in [-0.4, -0.2) is 44.4 Å². The van der Waals surface area contributed by atoms with Crippen molar-refractivity contribution in [3.63, 3.8) is 0 Å². The van der Waals surface area contributed by atoms with E-state index >= 15 is 0 Å². The second-order valence-corrected chi connectivity index (χ2v) is 3.84. The fourth-order valence-electron chi connectivity index (χ4n) is 1.34. The predicted molar refractivity (Wildman–Crippen MR) is 56.4 cm³/mol. The summed E-state index contributed by atoms with van der Waals surface area (Å²) in [5.41, 5.74) is 0. The molecule has 16 heavy (non-hydrogen) atoms. The summed E-state index contributed by atoms with van der Waals surface area (Å²) in [5.74, 6) is 0.155. The fourth-order valence-corrected chi connectivity index (χ4v) is 1.34. The molecule has 0 aromatic heterocycles. The molecule has 1 unspecified atom stereocenters. The summed E-state index contributed by atoms with van der Waals surface area (Å²) < 4.78 is 5.01. The molecule has 0 radical (unpaired) electrons. The van der Waals surface area contributed by atoms with Crippen LogP contribution in [0.1, 0.15) is 19.3 Å². The molecule has 0 spiro atoms. The van der Waals surface area contributed by atoms with Crippen LogP contribution < -0.4 is 5.32 Å². The number of carbonyl (C=O) groups is 2. The van der Waals surface area contributed by atoms with Gasteiger partial charge in [-0.1, -0.05) is 12.8 Å². The Bertz CT molecular complexity index is 266. The molecular weight excluding hydrogens is 212 g/mol. The van der Waals surface area contributed by atoms with Crippen LogP contribution in [0, 0.1) is 5.92 Å². The van der Waals surface area contributed by atoms with E-state index in [1.54, 1.807) is 0 Å². The van der Waals surface area contributed by atoms with E-state index in [-0.39, 0.29) is 5.91 Å². The molecule has 0 bridgehead atoms. The number of alkyl carbamates (subject to hydrolysis) is 1. The SMILES string of the molecule is CNC(=O)OC(CC1CC1)C(=O)N(C)OC. The lowest BCUT2D eigenvalue weighted by Gasteiger charge is -2.21. The number of hydrogen-bond donors (Lipinski definition) is 1. The molecule has 1 aliphatic rings. The first kappa shape index (κ1) is 12.8. The van der Waals surface area contributed by atoms with Crippen molar-refractivity contribution < 1.29 is 19.2 Å². The van der Waals surface area contributed by atoms with E-state index in [0.717, 1.165) is 17.9 Å². The predicted octanol–water partition coefficient (Wildman–Crippen LogP) is 0.531. The van der Waals surface area contributed by atoms with Gasteiger partial charge in [0.2, 0.25) is 0 Å². The van der Waals surface area contributed by atoms with Gasteiger partial charge in [0.25, 0.3) is 5.91 Å². The Balaban J connectivity index is 2.53. The van der Waals surface area contributed by atoms with Gasteiger partial charge in [-0.2, -0.15) is 0 Å². The smallest absolute Gasteiger partial charge is 0.407 e. The summed E-state index contributed by atoms with van der Waals surface area (Å²) in [4.78, 5) is 27.7. The van der Waals surface area contributed by atoms with Crippen LogP contribution in [-0.2, 0) is 14.4 Å². The minimum Gasteiger partial charge on any atom is -0.436 e. The molecule has 0 aromatic rings. The average molecular weight is 230 g/mol. The maximum absolute atomic E-state index is 11.8. The molecule has 1 aliphatic carbocycles. The van der Waals surface area contributed by atoms with E-state index in [1.807, 2.05) is 0 Å². The van der Waals surface area contributed by atoms with Crippen LogP contribution in [0.2, 0.25) is 0 Å². The largest absolute Gasteiger partial charge is 0.436 e. The van der Waals surface area contributed by atoms with Gasteiger partial charge in [0.1, 0.15) is 0 Å². The number of amides is 2. The van der Waals surface area contributed by atoms with Crippen molar-refractivity contribution in [1.29, 1.82) is 0 Å². The van der Waals surface area contributed by atoms with Gasteiger partial charge in [-0.05, 0) is 12.3 Å². The first-order valence-corrected chi connectivity index (χ1v) is 5.28. The number of hydroxylamine groups is 2. The molecule has 1 fully saturated rings. The molecule has 1 saturated carbocycles. The maximum atomic E-state index is 11.8. The highest BCUT2D eigenvalue weighted by molar-refractivity contribution is 5.82. The molecule has 1 N–H and O–H groups in total. The van der Waals surface area contributed by atoms with E-state index in [2.05, 4.69) is 5.32 Å². The topological polar surface area (TPSA) is 67.9 Å². The first-order chi connectivity index (χ1) is 7.58. The lowest BCUT2D eigenvalue weighted by Crippen LogP contribution is -2.40. The minimum absolute atomic E-state index is 0.335. The number of nitrogens with zero attached hydrogens (tertiary/aromatic N) is 1. The third kappa shape index (κ3) is 3.69. The van der Waals surface area contributed by atoms with Crippen LogP contribution >= 0.6 is 0 Å². The Kier molecular flexibility index (Phi) is 4.54. The summed E-state index contributed by atoms with van der Waals surface area (Å²) in [5, 5.41) is 3.41. The number of likely N-dealkylation sites (N-methyl/N-ethyl adjacent to an activating group) is 1. The Morgan fingerprint density at radius 1 is 1.50 bits per heavy atom. The molecule has 1 rings (SSSR count). The zero-order valence-corrected chi connectivity index (χ0v) is 9.86. The Hall–Kier alpha value is -1.30. The van der Waals surface area contributed by atoms with E-state index < -0.39 is 12.2 Å². The monoisotopic (exact) mass is 230 g/mol. The van der Waals surface area contributed by atoms with E-state index in [4.69, 9.17) is 9.57 Å². The quantitative estimate of drug-likeness (QED) is 0.699. The van der Waals surface area contributed by atoms with Crippen molar-refractivity contribution >= 4 is 12.0 Å². The zero-order chi connectivity index (χ0) is 12.1. The van der Waals surface area contributed by atoms with Gasteiger partial charge in [-0.3, -0.25) is 9.63 Å². The molecule has 1 atom stereocenters. The third-order valence-electron chi connectivity index (χ3n) is 2.56. The van der Waals surface area contributed by atoms with Crippen LogP contribution in [0.15, 0.2) is 0 Å². The van der Waals surface area contributed by atoms with E-state index in [9.17, 15) is 9.59 Å². The molecule has 6 nitrogen and oxygen atoms in total. The van der Waals surface area contributed by atoms with Gasteiger partial charge in [-0.15, -0.1) is 0 Å². The van der Waals surface area contributed by atoms with Gasteiger partial charge in [0, 0.05) is 14.1 Å². The lowest BCUT2D eigenvalue weighted by atomic mass is 10.1. The standard InChI is InChI=1S/C10H18N2O4/c1-11-10(14)16-8(6-7-4-5-7)9(13)12(2)15-3/h7-8H,4-6H2,1-3H3,(H,11,14). The van der Waals surface area contributed by atoms with Crippen molar-refractivity contribution in [2.24, 2.45) is 5.92 Å². The van der Waals surface area contributed by atoms with Gasteiger partial charge >= 0.3 is 6.09 Å². The number of nitrogens with one attached hydrogen (secondary N) is 1. The van der Waals surface area contributed by atoms with Crippen molar-refractivity contribution in [1.82, 2.24) is 10.4 Å². The molecule has 2 amide bonds. The number of rotatable bonds is 5. The van der Waals surface area contributed by atoms with Gasteiger partial charge < -0.3 is 10.1 Å². The van der Waals surface area contributed by atoms with Gasteiger partial charge in [0.15, 0.2) is 6.10 Å². The highest BCUT2D eigenvalue weighted by Gasteiger charge is 2.33. The molecule has 0 saturated heterocycles. The fraction of sp³-hybridized carbons (Fsp3) is 0.800. The van der Waals surface area contributed by atoms with E-state index in [0.29, 0.717) is 12.3 Å². The molecule has 0 aliphatic heterocycles. The van der Waals surface area contributed by atoms with Gasteiger partial charge in [-0.25, -0.2) is 9.86 Å². The van der Waals surface area contributed by atoms with Crippen LogP contribution in [0.5, 0.6) is 0 Å². The van der Waals surface area contributed by atoms with E-state index in [1.165, 1.54) is 21.2 Å². The van der Waals surface area contributed by atoms with Gasteiger partial charge in [0.05, 0.1) is 7.11 Å². The average Bonchev–Trinajstić information content (AvgIpc) is 3.09. The Morgan fingerprint density at radius 2 is 2.12 bits per heavy atom. The number of ether oxygens (including phenoxy) is 1. The zero-order valence-electron chi connectivity index (χ0n) is 9.86. The summed E-state index contributed by atoms with van der Waals surface area (Å²) in [7, 11) is 4.35. The summed E-state index contributed by atoms with van der Waals surface area (Å²) in [6, 6.07) is 0. The molecule has 92 valence electrons. The second-order valence-electron chi connectivity index (χ2n) is 3.84. The molecular formula is C10H18N2O4. The third-order valence-corrected chi connectivity index (χ3v) is 2.56. The Labute approximate surface area is 94.8 Å². The molecule has 0 heterocycles. The highest BCUT2D eigenvalue weighted by atomic mass is 16.7. The van der Waals surface area contributed by atoms with Crippen LogP contribution in [0.3, 0.4) is 0 Å². The Morgan fingerprint density at radius 3 is 2.56 bits per heavy atom. The number of carbonyl (C=O) groups excluding carboxylic acids is 2. The minimum atomic E-state index is -0.752. The van der Waals surface area contributed by atoms with Crippen molar-refractivity contribution in [2.45, 2.75) is 25.4 Å². The number of hydrogen-bond acceptors (Lipinski definition) is 4. The lowest BCUT2D eigenvalue weighted by molar-refractivity contribution is -0.178. The van der Waals surface area contributed by atoms with Crippen LogP contribution in [0.25, 0.3) is 0 Å². The van der Waals surface area contributed by atoms with Crippen molar-refractivity contribution in [3.05, 3.63) is 0 Å². The normalized spacial score (nSPS) is 16.4. The van der Waals surface area contributed by atoms with Crippen LogP contribution in [0.4, 0.5) is 4.79 Å². The molecule has 0 aromatic carbocycles. The maximum Gasteiger partial charge on any atom is 0.407 e.